The van der Waals surface area contributed by atoms with Crippen LogP contribution in [0.1, 0.15) is 64.9 Å². The molecule has 0 radical (unpaired) electrons. The Labute approximate surface area is 227 Å². The predicted molar refractivity (Wildman–Crippen MR) is 149 cm³/mol. The number of amides is 3. The molecule has 5 atom stereocenters. The van der Waals surface area contributed by atoms with Crippen LogP contribution in [0.3, 0.4) is 0 Å². The number of aliphatic hydroxyl groups is 1. The van der Waals surface area contributed by atoms with Gasteiger partial charge in [0.15, 0.2) is 0 Å². The van der Waals surface area contributed by atoms with Crippen LogP contribution in [0.2, 0.25) is 0 Å². The highest BCUT2D eigenvalue weighted by Gasteiger charge is 2.54. The molecular formula is C30H46N4O4. The Bertz CT molecular complexity index is 955. The highest BCUT2D eigenvalue weighted by atomic mass is 16.3. The van der Waals surface area contributed by atoms with Crippen LogP contribution in [0.5, 0.6) is 0 Å². The normalized spacial score (nSPS) is 22.7. The fourth-order valence-corrected chi connectivity index (χ4v) is 5.82. The van der Waals surface area contributed by atoms with E-state index in [4.69, 9.17) is 0 Å². The molecular weight excluding hydrogens is 480 g/mol. The quantitative estimate of drug-likeness (QED) is 0.256. The SMILES string of the molecule is C=CCN1CCC[C@]12CCN([C@@H](C)C(=O)N[C@@H](Cc1ccccc1)[C@@H](O)C[C@@H](C)C(=O)NCCCC)C2=O. The first kappa shape index (κ1) is 29.8. The van der Waals surface area contributed by atoms with Crippen molar-refractivity contribution in [2.75, 3.05) is 26.2 Å². The van der Waals surface area contributed by atoms with E-state index in [-0.39, 0.29) is 24.1 Å². The minimum atomic E-state index is -0.920. The van der Waals surface area contributed by atoms with Crippen molar-refractivity contribution in [2.45, 2.75) is 89.4 Å². The summed E-state index contributed by atoms with van der Waals surface area (Å²) in [5.41, 5.74) is 0.443. The summed E-state index contributed by atoms with van der Waals surface area (Å²) in [6.45, 7) is 12.1. The van der Waals surface area contributed by atoms with E-state index in [9.17, 15) is 19.5 Å². The third kappa shape index (κ3) is 7.03. The number of nitrogens with zero attached hydrogens (tertiary/aromatic N) is 2. The van der Waals surface area contributed by atoms with Crippen LogP contribution in [0, 0.1) is 5.92 Å². The van der Waals surface area contributed by atoms with Gasteiger partial charge in [-0.05, 0) is 57.6 Å². The summed E-state index contributed by atoms with van der Waals surface area (Å²) in [5.74, 6) is -0.766. The molecule has 8 nitrogen and oxygen atoms in total. The van der Waals surface area contributed by atoms with E-state index in [1.165, 1.54) is 0 Å². The first-order valence-corrected chi connectivity index (χ1v) is 14.2. The fraction of sp³-hybridized carbons (Fsp3) is 0.633. The number of carbonyl (C=O) groups excluding carboxylic acids is 3. The number of carbonyl (C=O) groups is 3. The number of aliphatic hydroxyl groups excluding tert-OH is 1. The van der Waals surface area contributed by atoms with Crippen LogP contribution in [0.15, 0.2) is 43.0 Å². The number of rotatable bonds is 14. The number of hydrogen-bond donors (Lipinski definition) is 3. The molecule has 38 heavy (non-hydrogen) atoms. The van der Waals surface area contributed by atoms with Gasteiger partial charge in [-0.2, -0.15) is 0 Å². The van der Waals surface area contributed by atoms with Crippen LogP contribution in [-0.4, -0.2) is 82.5 Å². The third-order valence-electron chi connectivity index (χ3n) is 8.21. The molecule has 0 bridgehead atoms. The van der Waals surface area contributed by atoms with Gasteiger partial charge in [0.1, 0.15) is 11.6 Å². The van der Waals surface area contributed by atoms with Crippen LogP contribution in [-0.2, 0) is 20.8 Å². The lowest BCUT2D eigenvalue weighted by Crippen LogP contribution is -2.56. The maximum atomic E-state index is 13.6. The molecule has 3 amide bonds. The molecule has 2 saturated heterocycles. The Kier molecular flexibility index (Phi) is 10.9. The first-order chi connectivity index (χ1) is 18.2. The lowest BCUT2D eigenvalue weighted by atomic mass is 9.93. The Morgan fingerprint density at radius 3 is 2.58 bits per heavy atom. The van der Waals surface area contributed by atoms with E-state index < -0.39 is 29.6 Å². The van der Waals surface area contributed by atoms with Gasteiger partial charge in [0, 0.05) is 25.6 Å². The Balaban J connectivity index is 1.68. The van der Waals surface area contributed by atoms with Crippen molar-refractivity contribution < 1.29 is 19.5 Å². The van der Waals surface area contributed by atoms with E-state index in [0.29, 0.717) is 32.5 Å². The molecule has 1 spiro atoms. The van der Waals surface area contributed by atoms with Gasteiger partial charge in [0.2, 0.25) is 17.7 Å². The maximum absolute atomic E-state index is 13.6. The Morgan fingerprint density at radius 1 is 1.16 bits per heavy atom. The minimum Gasteiger partial charge on any atom is -0.391 e. The molecule has 2 aliphatic rings. The van der Waals surface area contributed by atoms with Crippen molar-refractivity contribution in [2.24, 2.45) is 5.92 Å². The number of unbranched alkanes of at least 4 members (excludes halogenated alkanes) is 1. The van der Waals surface area contributed by atoms with E-state index >= 15 is 0 Å². The summed E-state index contributed by atoms with van der Waals surface area (Å²) in [6.07, 6.45) is 5.94. The fourth-order valence-electron chi connectivity index (χ4n) is 5.82. The summed E-state index contributed by atoms with van der Waals surface area (Å²) >= 11 is 0. The zero-order chi connectivity index (χ0) is 27.7. The maximum Gasteiger partial charge on any atom is 0.243 e. The van der Waals surface area contributed by atoms with Gasteiger partial charge in [-0.15, -0.1) is 6.58 Å². The van der Waals surface area contributed by atoms with Crippen LogP contribution in [0.4, 0.5) is 0 Å². The Hall–Kier alpha value is -2.71. The summed E-state index contributed by atoms with van der Waals surface area (Å²) < 4.78 is 0. The molecule has 3 rings (SSSR count). The number of likely N-dealkylation sites (tertiary alicyclic amines) is 2. The van der Waals surface area contributed by atoms with Crippen LogP contribution in [0.25, 0.3) is 0 Å². The lowest BCUT2D eigenvalue weighted by Gasteiger charge is -2.34. The molecule has 0 saturated carbocycles. The number of hydrogen-bond acceptors (Lipinski definition) is 5. The standard InChI is InChI=1S/C30H46N4O4/c1-5-7-16-31-27(36)22(3)20-26(35)25(21-24-12-9-8-10-13-24)32-28(37)23(4)34-19-15-30(29(34)38)14-11-18-33(30)17-6-2/h6,8-10,12-13,22-23,25-26,35H,2,5,7,11,14-21H2,1,3-4H3,(H,31,36)(H,32,37)/t22-,23+,25+,26+,30-/m1/s1. The second-order valence-electron chi connectivity index (χ2n) is 10.9. The van der Waals surface area contributed by atoms with Crippen molar-refractivity contribution in [1.29, 1.82) is 0 Å². The van der Waals surface area contributed by atoms with Crippen molar-refractivity contribution in [3.05, 3.63) is 48.6 Å². The summed E-state index contributed by atoms with van der Waals surface area (Å²) in [7, 11) is 0. The molecule has 8 heteroatoms. The molecule has 0 unspecified atom stereocenters. The zero-order valence-electron chi connectivity index (χ0n) is 23.3. The van der Waals surface area contributed by atoms with Crippen molar-refractivity contribution in [1.82, 2.24) is 20.4 Å². The number of nitrogens with one attached hydrogen (secondary N) is 2. The van der Waals surface area contributed by atoms with Gasteiger partial charge < -0.3 is 20.6 Å². The number of benzene rings is 1. The van der Waals surface area contributed by atoms with Gasteiger partial charge in [-0.25, -0.2) is 0 Å². The van der Waals surface area contributed by atoms with E-state index in [1.54, 1.807) is 18.7 Å². The smallest absolute Gasteiger partial charge is 0.243 e. The molecule has 0 aliphatic carbocycles. The van der Waals surface area contributed by atoms with Crippen LogP contribution < -0.4 is 10.6 Å². The van der Waals surface area contributed by atoms with Gasteiger partial charge >= 0.3 is 0 Å². The molecule has 0 aromatic heterocycles. The second-order valence-corrected chi connectivity index (χ2v) is 10.9. The summed E-state index contributed by atoms with van der Waals surface area (Å²) in [4.78, 5) is 43.4. The zero-order valence-corrected chi connectivity index (χ0v) is 23.3. The topological polar surface area (TPSA) is 102 Å². The second kappa shape index (κ2) is 13.9. The third-order valence-corrected chi connectivity index (χ3v) is 8.21. The average Bonchev–Trinajstić information content (AvgIpc) is 3.47. The molecule has 2 heterocycles. The summed E-state index contributed by atoms with van der Waals surface area (Å²) in [5, 5.41) is 17.1. The molecule has 210 valence electrons. The van der Waals surface area contributed by atoms with Gasteiger partial charge in [0.25, 0.3) is 0 Å². The molecule has 1 aromatic rings. The Morgan fingerprint density at radius 2 is 1.89 bits per heavy atom. The van der Waals surface area contributed by atoms with Gasteiger partial charge in [-0.3, -0.25) is 19.3 Å². The average molecular weight is 527 g/mol. The largest absolute Gasteiger partial charge is 0.391 e. The van der Waals surface area contributed by atoms with E-state index in [2.05, 4.69) is 29.0 Å². The van der Waals surface area contributed by atoms with E-state index in [1.807, 2.05) is 36.4 Å². The molecule has 2 aliphatic heterocycles. The monoisotopic (exact) mass is 526 g/mol. The molecule has 3 N–H and O–H groups in total. The lowest BCUT2D eigenvalue weighted by molar-refractivity contribution is -0.143. The highest BCUT2D eigenvalue weighted by Crippen LogP contribution is 2.39. The first-order valence-electron chi connectivity index (χ1n) is 14.2. The highest BCUT2D eigenvalue weighted by molar-refractivity contribution is 5.94. The van der Waals surface area contributed by atoms with Crippen molar-refractivity contribution in [3.8, 4) is 0 Å². The van der Waals surface area contributed by atoms with Crippen LogP contribution >= 0.6 is 0 Å². The molecule has 1 aromatic carbocycles. The summed E-state index contributed by atoms with van der Waals surface area (Å²) in [6, 6.07) is 8.43. The van der Waals surface area contributed by atoms with E-state index in [0.717, 1.165) is 37.8 Å². The van der Waals surface area contributed by atoms with Gasteiger partial charge in [-0.1, -0.05) is 56.7 Å². The molecule has 2 fully saturated rings. The van der Waals surface area contributed by atoms with Crippen molar-refractivity contribution >= 4 is 17.7 Å². The van der Waals surface area contributed by atoms with Crippen molar-refractivity contribution in [3.63, 3.8) is 0 Å². The predicted octanol–water partition coefficient (Wildman–Crippen LogP) is 2.66. The van der Waals surface area contributed by atoms with Gasteiger partial charge in [0.05, 0.1) is 12.1 Å². The minimum absolute atomic E-state index is 0.0111.